The van der Waals surface area contributed by atoms with Gasteiger partial charge in [0.1, 0.15) is 0 Å². The molecule has 5 rings (SSSR count). The Morgan fingerprint density at radius 2 is 1.58 bits per heavy atom. The third-order valence-corrected chi connectivity index (χ3v) is 7.67. The summed E-state index contributed by atoms with van der Waals surface area (Å²) in [5.74, 6) is 0.652. The molecular formula is C30H30ClF3N2O2. The van der Waals surface area contributed by atoms with Crippen LogP contribution in [0, 0.1) is 5.92 Å². The molecule has 1 saturated carbocycles. The second kappa shape index (κ2) is 11.5. The van der Waals surface area contributed by atoms with E-state index in [1.165, 1.54) is 17.7 Å². The van der Waals surface area contributed by atoms with Crippen molar-refractivity contribution in [3.63, 3.8) is 0 Å². The smallest absolute Gasteiger partial charge is 0.368 e. The van der Waals surface area contributed by atoms with Crippen LogP contribution in [-0.4, -0.2) is 48.4 Å². The van der Waals surface area contributed by atoms with Crippen LogP contribution in [0.2, 0.25) is 5.02 Å². The van der Waals surface area contributed by atoms with Crippen molar-refractivity contribution in [2.24, 2.45) is 5.92 Å². The Morgan fingerprint density at radius 3 is 2.21 bits per heavy atom. The molecule has 0 spiro atoms. The van der Waals surface area contributed by atoms with Gasteiger partial charge >= 0.3 is 6.18 Å². The number of benzene rings is 3. The van der Waals surface area contributed by atoms with E-state index in [4.69, 9.17) is 16.3 Å². The Balaban J connectivity index is 1.17. The highest BCUT2D eigenvalue weighted by molar-refractivity contribution is 6.30. The molecule has 0 N–H and O–H groups in total. The second-order valence-corrected chi connectivity index (χ2v) is 10.5. The minimum atomic E-state index is -4.36. The predicted octanol–water partition coefficient (Wildman–Crippen LogP) is 6.56. The minimum Gasteiger partial charge on any atom is -0.368 e. The summed E-state index contributed by atoms with van der Waals surface area (Å²) in [7, 11) is 0. The second-order valence-electron chi connectivity index (χ2n) is 10.0. The molecule has 0 radical (unpaired) electrons. The molecule has 4 nitrogen and oxygen atoms in total. The van der Waals surface area contributed by atoms with Gasteiger partial charge < -0.3 is 9.64 Å². The minimum absolute atomic E-state index is 0.0813. The van der Waals surface area contributed by atoms with Gasteiger partial charge in [-0.05, 0) is 53.3 Å². The number of nitrogens with zero attached hydrogens (tertiary/aromatic N) is 2. The molecule has 2 fully saturated rings. The van der Waals surface area contributed by atoms with Crippen molar-refractivity contribution in [2.45, 2.75) is 31.2 Å². The lowest BCUT2D eigenvalue weighted by atomic mass is 10.1. The van der Waals surface area contributed by atoms with Crippen LogP contribution in [0.1, 0.15) is 40.7 Å². The van der Waals surface area contributed by atoms with Gasteiger partial charge in [-0.2, -0.15) is 13.2 Å². The molecule has 1 saturated heterocycles. The molecule has 200 valence electrons. The highest BCUT2D eigenvalue weighted by atomic mass is 35.5. The number of piperazine rings is 1. The molecular weight excluding hydrogens is 513 g/mol. The standard InChI is InChI=1S/C30H30ClF3N2O2/c31-25-12-8-23(9-13-25)28(38-20-21-6-10-24(11-7-21)30(32,33)34)19-35-14-16-36(17-15-35)29(37)27-18-26(27)22-4-2-1-3-5-22/h1-13,26-28H,14-20H2/t26-,27-,28+/m0/s1. The lowest BCUT2D eigenvalue weighted by molar-refractivity contribution is -0.137. The van der Waals surface area contributed by atoms with Crippen LogP contribution in [0.4, 0.5) is 13.2 Å². The number of ether oxygens (including phenoxy) is 1. The zero-order chi connectivity index (χ0) is 26.7. The van der Waals surface area contributed by atoms with Crippen molar-refractivity contribution >= 4 is 17.5 Å². The molecule has 1 aliphatic carbocycles. The number of halogens is 4. The van der Waals surface area contributed by atoms with Gasteiger partial charge in [-0.25, -0.2) is 0 Å². The quantitative estimate of drug-likeness (QED) is 0.323. The van der Waals surface area contributed by atoms with E-state index in [0.717, 1.165) is 37.2 Å². The van der Waals surface area contributed by atoms with Gasteiger partial charge in [0, 0.05) is 43.7 Å². The zero-order valence-corrected chi connectivity index (χ0v) is 21.7. The largest absolute Gasteiger partial charge is 0.416 e. The number of carbonyl (C=O) groups excluding carboxylic acids is 1. The summed E-state index contributed by atoms with van der Waals surface area (Å²) >= 11 is 6.08. The molecule has 0 aromatic heterocycles. The third kappa shape index (κ3) is 6.57. The van der Waals surface area contributed by atoms with Gasteiger partial charge in [-0.1, -0.05) is 66.2 Å². The highest BCUT2D eigenvalue weighted by Gasteiger charge is 2.46. The fraction of sp³-hybridized carbons (Fsp3) is 0.367. The van der Waals surface area contributed by atoms with E-state index >= 15 is 0 Å². The number of hydrogen-bond acceptors (Lipinski definition) is 3. The topological polar surface area (TPSA) is 32.8 Å². The van der Waals surface area contributed by atoms with E-state index in [9.17, 15) is 18.0 Å². The zero-order valence-electron chi connectivity index (χ0n) is 20.9. The van der Waals surface area contributed by atoms with Crippen LogP contribution < -0.4 is 0 Å². The van der Waals surface area contributed by atoms with E-state index in [0.29, 0.717) is 36.1 Å². The summed E-state index contributed by atoms with van der Waals surface area (Å²) in [6.07, 6.45) is -3.74. The van der Waals surface area contributed by atoms with Crippen LogP contribution >= 0.6 is 11.6 Å². The van der Waals surface area contributed by atoms with Crippen molar-refractivity contribution < 1.29 is 22.7 Å². The first-order valence-corrected chi connectivity index (χ1v) is 13.2. The maximum atomic E-state index is 13.1. The molecule has 3 aromatic rings. The van der Waals surface area contributed by atoms with E-state index in [1.807, 2.05) is 35.2 Å². The van der Waals surface area contributed by atoms with Crippen LogP contribution in [0.15, 0.2) is 78.9 Å². The Bertz CT molecular complexity index is 1210. The number of rotatable bonds is 8. The number of alkyl halides is 3. The van der Waals surface area contributed by atoms with Crippen LogP contribution in [0.25, 0.3) is 0 Å². The number of carbonyl (C=O) groups is 1. The Hall–Kier alpha value is -2.87. The Labute approximate surface area is 226 Å². The van der Waals surface area contributed by atoms with Gasteiger partial charge in [-0.3, -0.25) is 9.69 Å². The fourth-order valence-electron chi connectivity index (χ4n) is 5.07. The molecule has 3 atom stereocenters. The summed E-state index contributed by atoms with van der Waals surface area (Å²) in [5.41, 5.74) is 2.18. The van der Waals surface area contributed by atoms with Crippen molar-refractivity contribution in [2.75, 3.05) is 32.7 Å². The molecule has 1 aliphatic heterocycles. The average molecular weight is 543 g/mol. The normalized spacial score (nSPS) is 20.8. The predicted molar refractivity (Wildman–Crippen MR) is 141 cm³/mol. The maximum absolute atomic E-state index is 13.1. The van der Waals surface area contributed by atoms with Gasteiger partial charge in [-0.15, -0.1) is 0 Å². The first-order chi connectivity index (χ1) is 18.3. The van der Waals surface area contributed by atoms with Crippen molar-refractivity contribution in [1.82, 2.24) is 9.80 Å². The SMILES string of the molecule is O=C([C@H]1C[C@H]1c1ccccc1)N1CCN(C[C@@H](OCc2ccc(C(F)(F)F)cc2)c2ccc(Cl)cc2)CC1. The average Bonchev–Trinajstić information content (AvgIpc) is 3.73. The first kappa shape index (κ1) is 26.7. The molecule has 0 bridgehead atoms. The first-order valence-electron chi connectivity index (χ1n) is 12.9. The Kier molecular flexibility index (Phi) is 8.07. The van der Waals surface area contributed by atoms with Gasteiger partial charge in [0.25, 0.3) is 0 Å². The number of hydrogen-bond donors (Lipinski definition) is 0. The molecule has 2 aliphatic rings. The van der Waals surface area contributed by atoms with Crippen molar-refractivity contribution in [3.05, 3.63) is 106 Å². The van der Waals surface area contributed by atoms with Gasteiger partial charge in [0.05, 0.1) is 18.3 Å². The summed E-state index contributed by atoms with van der Waals surface area (Å²) < 4.78 is 44.9. The van der Waals surface area contributed by atoms with Crippen LogP contribution in [0.3, 0.4) is 0 Å². The summed E-state index contributed by atoms with van der Waals surface area (Å²) in [5, 5.41) is 0.622. The number of amides is 1. The van der Waals surface area contributed by atoms with Gasteiger partial charge in [0.15, 0.2) is 0 Å². The van der Waals surface area contributed by atoms with E-state index < -0.39 is 11.7 Å². The third-order valence-electron chi connectivity index (χ3n) is 7.42. The van der Waals surface area contributed by atoms with Crippen LogP contribution in [0.5, 0.6) is 0 Å². The van der Waals surface area contributed by atoms with Gasteiger partial charge in [0.2, 0.25) is 5.91 Å². The van der Waals surface area contributed by atoms with Crippen LogP contribution in [-0.2, 0) is 22.3 Å². The Morgan fingerprint density at radius 1 is 0.921 bits per heavy atom. The maximum Gasteiger partial charge on any atom is 0.416 e. The van der Waals surface area contributed by atoms with Crippen molar-refractivity contribution in [3.8, 4) is 0 Å². The summed E-state index contributed by atoms with van der Waals surface area (Å²) in [6, 6.07) is 22.7. The summed E-state index contributed by atoms with van der Waals surface area (Å²) in [6.45, 7) is 3.61. The summed E-state index contributed by atoms with van der Waals surface area (Å²) in [4.78, 5) is 17.3. The van der Waals surface area contributed by atoms with E-state index in [-0.39, 0.29) is 24.5 Å². The highest BCUT2D eigenvalue weighted by Crippen LogP contribution is 2.48. The molecule has 1 heterocycles. The molecule has 1 amide bonds. The molecule has 0 unspecified atom stereocenters. The fourth-order valence-corrected chi connectivity index (χ4v) is 5.20. The molecule has 8 heteroatoms. The van der Waals surface area contributed by atoms with E-state index in [2.05, 4.69) is 17.0 Å². The molecule has 38 heavy (non-hydrogen) atoms. The van der Waals surface area contributed by atoms with Crippen molar-refractivity contribution in [1.29, 1.82) is 0 Å². The monoisotopic (exact) mass is 542 g/mol. The van der Waals surface area contributed by atoms with E-state index in [1.54, 1.807) is 12.1 Å². The lowest BCUT2D eigenvalue weighted by Gasteiger charge is -2.36. The molecule has 3 aromatic carbocycles. The lowest BCUT2D eigenvalue weighted by Crippen LogP contribution is -2.50.